The maximum Gasteiger partial charge on any atom is 0.346 e. The molecule has 1 aromatic heterocycles. The van der Waals surface area contributed by atoms with Crippen LogP contribution in [0.15, 0.2) is 22.0 Å². The van der Waals surface area contributed by atoms with Gasteiger partial charge in [0.1, 0.15) is 10.9 Å². The monoisotopic (exact) mass is 375 g/mol. The van der Waals surface area contributed by atoms with Gasteiger partial charge in [-0.05, 0) is 28.1 Å². The van der Waals surface area contributed by atoms with Crippen LogP contribution in [-0.4, -0.2) is 11.1 Å². The Kier molecular flexibility index (Phi) is 4.16. The standard InChI is InChI=1S/C12H4BrCl2NO2S/c13-11-7(4-16)9(10(19-11)12(17)18)6-2-1-5(14)3-8(6)15/h1-3H,(H,17,18). The van der Waals surface area contributed by atoms with Crippen molar-refractivity contribution in [3.05, 3.63) is 42.5 Å². The van der Waals surface area contributed by atoms with Crippen molar-refractivity contribution in [2.24, 2.45) is 0 Å². The third-order valence-corrected chi connectivity index (χ3v) is 4.77. The third-order valence-electron chi connectivity index (χ3n) is 2.37. The Bertz CT molecular complexity index is 721. The number of rotatable bonds is 2. The zero-order chi connectivity index (χ0) is 14.2. The first-order valence-electron chi connectivity index (χ1n) is 4.86. The molecular weight excluding hydrogens is 373 g/mol. The van der Waals surface area contributed by atoms with Gasteiger partial charge in [-0.2, -0.15) is 5.26 Å². The Morgan fingerprint density at radius 1 is 1.42 bits per heavy atom. The molecule has 96 valence electrons. The number of hydrogen-bond donors (Lipinski definition) is 1. The van der Waals surface area contributed by atoms with Crippen molar-refractivity contribution >= 4 is 56.4 Å². The van der Waals surface area contributed by atoms with Crippen LogP contribution < -0.4 is 0 Å². The van der Waals surface area contributed by atoms with Gasteiger partial charge in [0.05, 0.1) is 9.35 Å². The lowest BCUT2D eigenvalue weighted by Gasteiger charge is -2.05. The van der Waals surface area contributed by atoms with Crippen LogP contribution in [0.5, 0.6) is 0 Å². The molecule has 2 rings (SSSR count). The summed E-state index contributed by atoms with van der Waals surface area (Å²) in [6.07, 6.45) is 0. The van der Waals surface area contributed by atoms with E-state index in [1.54, 1.807) is 12.1 Å². The van der Waals surface area contributed by atoms with Gasteiger partial charge in [0.15, 0.2) is 0 Å². The molecule has 0 unspecified atom stereocenters. The number of nitriles is 1. The van der Waals surface area contributed by atoms with Crippen molar-refractivity contribution < 1.29 is 9.90 Å². The minimum Gasteiger partial charge on any atom is -0.477 e. The molecule has 0 atom stereocenters. The first kappa shape index (κ1) is 14.4. The molecule has 0 bridgehead atoms. The fraction of sp³-hybridized carbons (Fsp3) is 0. The Morgan fingerprint density at radius 3 is 2.63 bits per heavy atom. The molecule has 7 heteroatoms. The van der Waals surface area contributed by atoms with E-state index >= 15 is 0 Å². The highest BCUT2D eigenvalue weighted by Gasteiger charge is 2.24. The summed E-state index contributed by atoms with van der Waals surface area (Å²) in [6.45, 7) is 0. The van der Waals surface area contributed by atoms with Crippen LogP contribution in [0, 0.1) is 11.3 Å². The number of carboxylic acid groups (broad SMARTS) is 1. The van der Waals surface area contributed by atoms with Crippen molar-refractivity contribution in [3.8, 4) is 17.2 Å². The van der Waals surface area contributed by atoms with Gasteiger partial charge in [0, 0.05) is 21.2 Å². The number of benzene rings is 1. The summed E-state index contributed by atoms with van der Waals surface area (Å²) >= 11 is 16.1. The minimum absolute atomic E-state index is 0.0626. The highest BCUT2D eigenvalue weighted by molar-refractivity contribution is 9.11. The predicted octanol–water partition coefficient (Wildman–Crippen LogP) is 5.05. The van der Waals surface area contributed by atoms with Gasteiger partial charge in [0.25, 0.3) is 0 Å². The average Bonchev–Trinajstić information content (AvgIpc) is 2.66. The lowest BCUT2D eigenvalue weighted by atomic mass is 10.0. The highest BCUT2D eigenvalue weighted by Crippen LogP contribution is 2.42. The van der Waals surface area contributed by atoms with E-state index in [1.165, 1.54) is 6.07 Å². The molecular formula is C12H4BrCl2NO2S. The van der Waals surface area contributed by atoms with Gasteiger partial charge < -0.3 is 5.11 Å². The number of halogens is 3. The molecule has 0 aliphatic heterocycles. The second-order valence-corrected chi connectivity index (χ2v) is 6.68. The van der Waals surface area contributed by atoms with Crippen LogP contribution in [0.3, 0.4) is 0 Å². The number of hydrogen-bond acceptors (Lipinski definition) is 3. The summed E-state index contributed by atoms with van der Waals surface area (Å²) < 4.78 is 0.466. The maximum atomic E-state index is 11.3. The summed E-state index contributed by atoms with van der Waals surface area (Å²) in [5.41, 5.74) is 1.04. The number of aromatic carboxylic acids is 1. The van der Waals surface area contributed by atoms with Gasteiger partial charge in [-0.1, -0.05) is 29.3 Å². The van der Waals surface area contributed by atoms with Crippen LogP contribution in [0.4, 0.5) is 0 Å². The normalized spacial score (nSPS) is 10.2. The Balaban J connectivity index is 2.81. The average molecular weight is 377 g/mol. The zero-order valence-corrected chi connectivity index (χ0v) is 13.0. The van der Waals surface area contributed by atoms with E-state index in [0.29, 0.717) is 25.0 Å². The smallest absolute Gasteiger partial charge is 0.346 e. The number of nitrogens with zero attached hydrogens (tertiary/aromatic N) is 1. The molecule has 0 saturated heterocycles. The van der Waals surface area contributed by atoms with Crippen molar-refractivity contribution in [1.82, 2.24) is 0 Å². The zero-order valence-electron chi connectivity index (χ0n) is 9.08. The van der Waals surface area contributed by atoms with Crippen molar-refractivity contribution in [1.29, 1.82) is 5.26 Å². The van der Waals surface area contributed by atoms with Gasteiger partial charge in [0.2, 0.25) is 0 Å². The summed E-state index contributed by atoms with van der Waals surface area (Å²) in [7, 11) is 0. The fourth-order valence-corrected chi connectivity index (χ4v) is 3.71. The molecule has 19 heavy (non-hydrogen) atoms. The number of carboxylic acids is 1. The molecule has 0 aliphatic carbocycles. The first-order valence-corrected chi connectivity index (χ1v) is 7.23. The van der Waals surface area contributed by atoms with Gasteiger partial charge >= 0.3 is 5.97 Å². The van der Waals surface area contributed by atoms with E-state index in [4.69, 9.17) is 28.5 Å². The molecule has 3 nitrogen and oxygen atoms in total. The van der Waals surface area contributed by atoms with Crippen molar-refractivity contribution in [2.45, 2.75) is 0 Å². The van der Waals surface area contributed by atoms with E-state index in [2.05, 4.69) is 15.9 Å². The summed E-state index contributed by atoms with van der Waals surface area (Å²) in [4.78, 5) is 11.3. The summed E-state index contributed by atoms with van der Waals surface area (Å²) in [5.74, 6) is -1.10. The maximum absolute atomic E-state index is 11.3. The van der Waals surface area contributed by atoms with E-state index < -0.39 is 5.97 Å². The molecule has 0 aliphatic rings. The predicted molar refractivity (Wildman–Crippen MR) is 79.1 cm³/mol. The molecule has 0 saturated carbocycles. The first-order chi connectivity index (χ1) is 8.95. The number of carbonyl (C=O) groups is 1. The molecule has 1 aromatic carbocycles. The molecule has 0 amide bonds. The van der Waals surface area contributed by atoms with E-state index in [0.717, 1.165) is 11.3 Å². The van der Waals surface area contributed by atoms with E-state index in [9.17, 15) is 9.90 Å². The summed E-state index contributed by atoms with van der Waals surface area (Å²) in [5, 5.41) is 19.1. The van der Waals surface area contributed by atoms with Gasteiger partial charge in [-0.3, -0.25) is 0 Å². The van der Waals surface area contributed by atoms with Crippen LogP contribution in [0.2, 0.25) is 10.0 Å². The lowest BCUT2D eigenvalue weighted by Crippen LogP contribution is -1.96. The molecule has 0 spiro atoms. The Hall–Kier alpha value is -1.06. The molecule has 2 aromatic rings. The van der Waals surface area contributed by atoms with Crippen LogP contribution in [0.1, 0.15) is 15.2 Å². The molecule has 0 fully saturated rings. The van der Waals surface area contributed by atoms with Gasteiger partial charge in [-0.15, -0.1) is 11.3 Å². The topological polar surface area (TPSA) is 61.1 Å². The van der Waals surface area contributed by atoms with E-state index in [1.807, 2.05) is 6.07 Å². The molecule has 1 N–H and O–H groups in total. The Labute approximate surface area is 131 Å². The molecule has 1 heterocycles. The Morgan fingerprint density at radius 2 is 2.11 bits per heavy atom. The summed E-state index contributed by atoms with van der Waals surface area (Å²) in [6, 6.07) is 6.70. The quantitative estimate of drug-likeness (QED) is 0.797. The lowest BCUT2D eigenvalue weighted by molar-refractivity contribution is 0.0703. The number of thiophene rings is 1. The van der Waals surface area contributed by atoms with Crippen molar-refractivity contribution in [2.75, 3.05) is 0 Å². The second kappa shape index (κ2) is 5.51. The van der Waals surface area contributed by atoms with Crippen LogP contribution >= 0.6 is 50.5 Å². The SMILES string of the molecule is N#Cc1c(Br)sc(C(=O)O)c1-c1ccc(Cl)cc1Cl. The van der Waals surface area contributed by atoms with Crippen molar-refractivity contribution in [3.63, 3.8) is 0 Å². The second-order valence-electron chi connectivity index (χ2n) is 3.50. The third kappa shape index (κ3) is 2.63. The van der Waals surface area contributed by atoms with Crippen LogP contribution in [0.25, 0.3) is 11.1 Å². The largest absolute Gasteiger partial charge is 0.477 e. The van der Waals surface area contributed by atoms with Crippen LogP contribution in [-0.2, 0) is 0 Å². The van der Waals surface area contributed by atoms with Gasteiger partial charge in [-0.25, -0.2) is 4.79 Å². The fourth-order valence-electron chi connectivity index (χ4n) is 1.60. The van der Waals surface area contributed by atoms with E-state index in [-0.39, 0.29) is 10.4 Å². The highest BCUT2D eigenvalue weighted by atomic mass is 79.9. The minimum atomic E-state index is -1.10. The molecule has 0 radical (unpaired) electrons.